The van der Waals surface area contributed by atoms with Gasteiger partial charge < -0.3 is 54.5 Å². The van der Waals surface area contributed by atoms with Gasteiger partial charge in [-0.1, -0.05) is 44.5 Å². The van der Waals surface area contributed by atoms with Crippen LogP contribution in [0.15, 0.2) is 107 Å². The number of aliphatic imine (C=N–C) groups is 2. The van der Waals surface area contributed by atoms with Crippen LogP contribution in [0.1, 0.15) is 110 Å². The number of piperazine rings is 1. The highest BCUT2D eigenvalue weighted by Crippen LogP contribution is 2.42. The lowest BCUT2D eigenvalue weighted by Gasteiger charge is -2.34. The number of carbonyl (C=O) groups is 7. The van der Waals surface area contributed by atoms with Gasteiger partial charge in [0, 0.05) is 112 Å². The van der Waals surface area contributed by atoms with Crippen LogP contribution >= 0.6 is 0 Å². The van der Waals surface area contributed by atoms with Crippen molar-refractivity contribution in [2.45, 2.75) is 103 Å². The Morgan fingerprint density at radius 1 is 0.621 bits per heavy atom. The van der Waals surface area contributed by atoms with Crippen LogP contribution in [0.3, 0.4) is 0 Å². The van der Waals surface area contributed by atoms with E-state index in [-0.39, 0.29) is 60.5 Å². The number of likely N-dealkylation sites (N-methyl/N-ethyl adjacent to an activating group) is 1. The lowest BCUT2D eigenvalue weighted by Crippen LogP contribution is -2.53. The van der Waals surface area contributed by atoms with Crippen molar-refractivity contribution in [1.29, 1.82) is 0 Å². The van der Waals surface area contributed by atoms with Crippen LogP contribution in [-0.4, -0.2) is 165 Å². The van der Waals surface area contributed by atoms with Crippen molar-refractivity contribution >= 4 is 87.7 Å². The molecule has 4 aromatic carbocycles. The number of hydrogen-bond acceptors (Lipinski definition) is 15. The van der Waals surface area contributed by atoms with Gasteiger partial charge in [0.15, 0.2) is 23.0 Å². The first kappa shape index (κ1) is 61.0. The normalized spacial score (nSPS) is 18.5. The third-order valence-corrected chi connectivity index (χ3v) is 16.5. The molecule has 10 rings (SSSR count). The van der Waals surface area contributed by atoms with Crippen LogP contribution in [0, 0.1) is 5.92 Å². The molecule has 6 aliphatic heterocycles. The summed E-state index contributed by atoms with van der Waals surface area (Å²) in [6, 6.07) is 20.4. The zero-order valence-electron chi connectivity index (χ0n) is 50.2. The van der Waals surface area contributed by atoms with E-state index in [1.54, 1.807) is 86.5 Å². The molecule has 7 amide bonds. The molecule has 3 unspecified atom stereocenters. The van der Waals surface area contributed by atoms with Crippen LogP contribution in [0.5, 0.6) is 23.0 Å². The van der Waals surface area contributed by atoms with Crippen molar-refractivity contribution in [3.63, 3.8) is 0 Å². The van der Waals surface area contributed by atoms with E-state index in [4.69, 9.17) is 28.9 Å². The Morgan fingerprint density at radius 2 is 1.18 bits per heavy atom. The second-order valence-electron chi connectivity index (χ2n) is 23.0. The highest BCUT2D eigenvalue weighted by Gasteiger charge is 2.36. The maximum atomic E-state index is 14.2. The van der Waals surface area contributed by atoms with Gasteiger partial charge in [-0.05, 0) is 111 Å². The average molecular weight is 1190 g/mol. The number of unbranched alkanes of at least 4 members (excludes halogenated alkanes) is 4. The smallest absolute Gasteiger partial charge is 0.260 e. The number of imide groups is 1. The van der Waals surface area contributed by atoms with E-state index in [2.05, 4.69) is 57.1 Å². The zero-order chi connectivity index (χ0) is 61.3. The van der Waals surface area contributed by atoms with Crippen molar-refractivity contribution in [2.24, 2.45) is 15.9 Å². The zero-order valence-corrected chi connectivity index (χ0v) is 50.2. The maximum absolute atomic E-state index is 14.2. The quantitative estimate of drug-likeness (QED) is 0.0421. The number of nitrogens with zero attached hydrogens (tertiary/aromatic N) is 7. The number of benzene rings is 4. The van der Waals surface area contributed by atoms with E-state index in [0.717, 1.165) is 61.3 Å². The molecular formula is C66H76N10O11. The van der Waals surface area contributed by atoms with Gasteiger partial charge in [-0.2, -0.15) is 0 Å². The van der Waals surface area contributed by atoms with Crippen LogP contribution < -0.4 is 39.8 Å². The molecule has 0 aromatic heterocycles. The molecule has 456 valence electrons. The van der Waals surface area contributed by atoms with Gasteiger partial charge in [0.25, 0.3) is 23.6 Å². The number of nitrogens with one attached hydrogen (secondary N) is 3. The SMILES string of the molecule is COc1cc2c(cc1OCCCCCOc1cc3c(cc1OC)C(=O)N1C=C(c4cccc(NC(=O)[C@H](C)NC(=O)C(NC(=O)CCCCCN5C(=O)C=CC5=O)C(C)C)c4)CC1C=N3)N=CC1CC(c3ccc(N4CCN(C)CC4)cc3)=CN1C2=O. The minimum absolute atomic E-state index is 0.140. The summed E-state index contributed by atoms with van der Waals surface area (Å²) in [5.41, 5.74) is 7.34. The number of anilines is 2. The fourth-order valence-electron chi connectivity index (χ4n) is 11.4. The molecule has 0 bridgehead atoms. The predicted octanol–water partition coefficient (Wildman–Crippen LogP) is 8.10. The van der Waals surface area contributed by atoms with Gasteiger partial charge in [0.1, 0.15) is 12.1 Å². The molecule has 1 saturated heterocycles. The molecule has 0 spiro atoms. The number of carbonyl (C=O) groups excluding carboxylic acids is 7. The highest BCUT2D eigenvalue weighted by atomic mass is 16.5. The number of hydrogen-bond donors (Lipinski definition) is 3. The summed E-state index contributed by atoms with van der Waals surface area (Å²) in [6.07, 6.45) is 15.0. The summed E-state index contributed by atoms with van der Waals surface area (Å²) in [5.74, 6) is -0.777. The maximum Gasteiger partial charge on any atom is 0.260 e. The number of rotatable bonds is 25. The monoisotopic (exact) mass is 1180 g/mol. The average Bonchev–Trinajstić information content (AvgIpc) is 2.23. The van der Waals surface area contributed by atoms with Crippen molar-refractivity contribution in [3.8, 4) is 23.0 Å². The molecule has 21 heteroatoms. The fraction of sp³-hybridized carbons (Fsp3) is 0.409. The lowest BCUT2D eigenvalue weighted by molar-refractivity contribution is -0.137. The number of methoxy groups -OCH3 is 2. The number of fused-ring (bicyclic) bond motifs is 4. The number of ether oxygens (including phenoxy) is 4. The fourth-order valence-corrected chi connectivity index (χ4v) is 11.4. The summed E-state index contributed by atoms with van der Waals surface area (Å²) in [4.78, 5) is 110. The molecule has 21 nitrogen and oxygen atoms in total. The van der Waals surface area contributed by atoms with Gasteiger partial charge in [0.2, 0.25) is 17.7 Å². The van der Waals surface area contributed by atoms with E-state index >= 15 is 0 Å². The van der Waals surface area contributed by atoms with Crippen molar-refractivity contribution in [3.05, 3.63) is 120 Å². The largest absolute Gasteiger partial charge is 0.493 e. The number of amides is 7. The molecule has 0 radical (unpaired) electrons. The molecule has 6 aliphatic rings. The van der Waals surface area contributed by atoms with E-state index in [9.17, 15) is 33.6 Å². The molecule has 1 fully saturated rings. The van der Waals surface area contributed by atoms with E-state index in [0.29, 0.717) is 103 Å². The first-order valence-electron chi connectivity index (χ1n) is 30.0. The molecule has 6 heterocycles. The molecule has 0 saturated carbocycles. The van der Waals surface area contributed by atoms with Gasteiger partial charge in [0.05, 0.1) is 62.0 Å². The summed E-state index contributed by atoms with van der Waals surface area (Å²) < 4.78 is 23.9. The lowest BCUT2D eigenvalue weighted by atomic mass is 10.0. The van der Waals surface area contributed by atoms with E-state index in [1.807, 2.05) is 24.5 Å². The van der Waals surface area contributed by atoms with Crippen LogP contribution in [0.2, 0.25) is 0 Å². The Kier molecular flexibility index (Phi) is 19.3. The van der Waals surface area contributed by atoms with Crippen molar-refractivity contribution in [2.75, 3.05) is 77.4 Å². The molecule has 87 heavy (non-hydrogen) atoms. The summed E-state index contributed by atoms with van der Waals surface area (Å²) in [5, 5.41) is 8.41. The summed E-state index contributed by atoms with van der Waals surface area (Å²) in [7, 11) is 5.24. The Morgan fingerprint density at radius 3 is 1.75 bits per heavy atom. The Hall–Kier alpha value is -9.11. The first-order chi connectivity index (χ1) is 42.0. The Labute approximate surface area is 507 Å². The van der Waals surface area contributed by atoms with Gasteiger partial charge >= 0.3 is 0 Å². The van der Waals surface area contributed by atoms with Crippen LogP contribution in [-0.2, 0) is 24.0 Å². The molecule has 0 aliphatic carbocycles. The van der Waals surface area contributed by atoms with Crippen molar-refractivity contribution in [1.82, 2.24) is 30.2 Å². The predicted molar refractivity (Wildman–Crippen MR) is 332 cm³/mol. The van der Waals surface area contributed by atoms with E-state index < -0.39 is 23.9 Å². The van der Waals surface area contributed by atoms with Gasteiger partial charge in [-0.3, -0.25) is 48.4 Å². The minimum atomic E-state index is -0.944. The van der Waals surface area contributed by atoms with Crippen LogP contribution in [0.25, 0.3) is 11.1 Å². The third-order valence-electron chi connectivity index (χ3n) is 16.5. The minimum Gasteiger partial charge on any atom is -0.493 e. The molecule has 4 aromatic rings. The first-order valence-corrected chi connectivity index (χ1v) is 30.0. The second kappa shape index (κ2) is 27.5. The van der Waals surface area contributed by atoms with Gasteiger partial charge in [-0.15, -0.1) is 0 Å². The van der Waals surface area contributed by atoms with Gasteiger partial charge in [-0.25, -0.2) is 0 Å². The third kappa shape index (κ3) is 14.3. The Balaban J connectivity index is 0.669. The van der Waals surface area contributed by atoms with Crippen LogP contribution in [0.4, 0.5) is 22.7 Å². The van der Waals surface area contributed by atoms with Crippen molar-refractivity contribution < 1.29 is 52.5 Å². The Bertz CT molecular complexity index is 3440. The molecular weight excluding hydrogens is 1110 g/mol. The molecule has 3 N–H and O–H groups in total. The highest BCUT2D eigenvalue weighted by molar-refractivity contribution is 6.13. The summed E-state index contributed by atoms with van der Waals surface area (Å²) in [6.45, 7) is 10.3. The second-order valence-corrected chi connectivity index (χ2v) is 23.0. The topological polar surface area (TPSA) is 233 Å². The molecule has 4 atom stereocenters. The van der Waals surface area contributed by atoms with E-state index in [1.165, 1.54) is 29.8 Å². The summed E-state index contributed by atoms with van der Waals surface area (Å²) >= 11 is 0. The standard InChI is InChI=1S/C66H76N10O11/c1-41(2)62(71-59(77)16-9-7-10-23-74-60(78)21-22-61(74)79)64(81)69-42(3)63(80)70-47-15-13-14-44(30-47)46-32-50-38-68-54-36-58(56(85-6)34-52(54)66(83)76(50)40-46)87-29-12-8-11-28-86-57-35-53-51(33-55(57)84-5)65(82)75-39-45(31-49(75)37-67-53)43-17-19-48(20-18-43)73-26-24-72(4)25-27-73/h13-15,17-22,30,33-42,49-50,62H,7-12,16,23-29,31-32H2,1-6H3,(H,69,81)(H,70,80)(H,71,77)/t42-,49?,50?,62?/m0/s1.